The van der Waals surface area contributed by atoms with Gasteiger partial charge in [0, 0.05) is 18.7 Å². The Morgan fingerprint density at radius 1 is 1.00 bits per heavy atom. The lowest BCUT2D eigenvalue weighted by Crippen LogP contribution is -2.43. The van der Waals surface area contributed by atoms with Crippen LogP contribution in [0.25, 0.3) is 0 Å². The molecule has 0 spiro atoms. The number of nitrogens with one attached hydrogen (secondary N) is 1. The minimum Gasteiger partial charge on any atom is -0.463 e. The number of carbonyl (C=O) groups excluding carboxylic acids is 3. The first-order valence-electron chi connectivity index (χ1n) is 14.1. The van der Waals surface area contributed by atoms with E-state index < -0.39 is 0 Å². The molecule has 1 aliphatic heterocycles. The highest BCUT2D eigenvalue weighted by Gasteiger charge is 2.23. The fraction of sp³-hybridized carbons (Fsp3) is 0.828. The second-order valence-corrected chi connectivity index (χ2v) is 10.9. The van der Waals surface area contributed by atoms with Crippen molar-refractivity contribution in [1.29, 1.82) is 0 Å². The Kier molecular flexibility index (Phi) is 19.1. The van der Waals surface area contributed by atoms with E-state index in [1.165, 1.54) is 69.4 Å². The molecule has 2 aliphatic rings. The van der Waals surface area contributed by atoms with Crippen molar-refractivity contribution in [3.8, 4) is 0 Å². The monoisotopic (exact) mass is 509 g/mol. The van der Waals surface area contributed by atoms with E-state index in [-0.39, 0.29) is 30.4 Å². The Balaban J connectivity index is 0.000000638. The normalized spacial score (nSPS) is 17.8. The number of amides is 2. The van der Waals surface area contributed by atoms with Crippen LogP contribution >= 0.6 is 0 Å². The van der Waals surface area contributed by atoms with Gasteiger partial charge in [0.1, 0.15) is 0 Å². The van der Waals surface area contributed by atoms with E-state index in [9.17, 15) is 14.4 Å². The number of nitrogens with zero attached hydrogens (tertiary/aromatic N) is 2. The average Bonchev–Trinajstić information content (AvgIpc) is 2.86. The van der Waals surface area contributed by atoms with Gasteiger partial charge in [-0.3, -0.25) is 9.59 Å². The molecule has 0 radical (unpaired) electrons. The van der Waals surface area contributed by atoms with E-state index in [1.807, 2.05) is 13.8 Å². The SMILES string of the molecule is C1CCC(N2CCCCC2)CC1.CC(C)C.CCOC(=O)/C(C)=C/[C@H](C(C)C)N(C)C(=O)CNC=O. The highest BCUT2D eigenvalue weighted by atomic mass is 16.5. The summed E-state index contributed by atoms with van der Waals surface area (Å²) in [5.41, 5.74) is 0.466. The highest BCUT2D eigenvalue weighted by Crippen LogP contribution is 2.24. The number of hydrogen-bond acceptors (Lipinski definition) is 5. The largest absolute Gasteiger partial charge is 0.463 e. The molecule has 1 N–H and O–H groups in total. The molecule has 7 heteroatoms. The van der Waals surface area contributed by atoms with Gasteiger partial charge < -0.3 is 19.9 Å². The van der Waals surface area contributed by atoms with Gasteiger partial charge in [0.25, 0.3) is 0 Å². The zero-order valence-corrected chi connectivity index (χ0v) is 24.5. The van der Waals surface area contributed by atoms with Crippen molar-refractivity contribution in [3.63, 3.8) is 0 Å². The predicted molar refractivity (Wildman–Crippen MR) is 149 cm³/mol. The molecule has 1 aliphatic carbocycles. The molecule has 2 rings (SSSR count). The lowest BCUT2D eigenvalue weighted by Gasteiger charge is -2.36. The summed E-state index contributed by atoms with van der Waals surface area (Å²) in [6, 6.07) is 0.736. The van der Waals surface area contributed by atoms with Crippen LogP contribution in [0.1, 0.15) is 99.8 Å². The summed E-state index contributed by atoms with van der Waals surface area (Å²) in [6.45, 7) is 16.9. The van der Waals surface area contributed by atoms with Crippen LogP contribution < -0.4 is 5.32 Å². The van der Waals surface area contributed by atoms with Gasteiger partial charge in [-0.15, -0.1) is 0 Å². The van der Waals surface area contributed by atoms with Gasteiger partial charge in [0.15, 0.2) is 0 Å². The first kappa shape index (κ1) is 34.1. The first-order chi connectivity index (χ1) is 17.0. The van der Waals surface area contributed by atoms with Gasteiger partial charge in [-0.1, -0.05) is 66.4 Å². The smallest absolute Gasteiger partial charge is 0.333 e. The molecule has 0 aromatic carbocycles. The van der Waals surface area contributed by atoms with E-state index in [0.29, 0.717) is 18.6 Å². The van der Waals surface area contributed by atoms with Crippen LogP contribution in [-0.4, -0.2) is 73.5 Å². The summed E-state index contributed by atoms with van der Waals surface area (Å²) in [7, 11) is 1.65. The molecule has 36 heavy (non-hydrogen) atoms. The Hall–Kier alpha value is -1.89. The third kappa shape index (κ3) is 15.3. The first-order valence-corrected chi connectivity index (χ1v) is 14.1. The molecular formula is C29H55N3O4. The van der Waals surface area contributed by atoms with Crippen molar-refractivity contribution in [2.24, 2.45) is 11.8 Å². The third-order valence-electron chi connectivity index (χ3n) is 6.36. The summed E-state index contributed by atoms with van der Waals surface area (Å²) >= 11 is 0. The van der Waals surface area contributed by atoms with Crippen LogP contribution in [0.4, 0.5) is 0 Å². The lowest BCUT2D eigenvalue weighted by molar-refractivity contribution is -0.138. The number of piperidine rings is 1. The van der Waals surface area contributed by atoms with Crippen molar-refractivity contribution >= 4 is 18.3 Å². The molecule has 1 saturated carbocycles. The van der Waals surface area contributed by atoms with Crippen molar-refractivity contribution in [1.82, 2.24) is 15.1 Å². The Morgan fingerprint density at radius 3 is 2.00 bits per heavy atom. The van der Waals surface area contributed by atoms with Crippen LogP contribution in [0.15, 0.2) is 11.6 Å². The Bertz CT molecular complexity index is 618. The molecule has 0 bridgehead atoms. The van der Waals surface area contributed by atoms with Crippen LogP contribution in [0.5, 0.6) is 0 Å². The minimum atomic E-state index is -0.384. The van der Waals surface area contributed by atoms with Crippen LogP contribution in [0, 0.1) is 11.8 Å². The number of likely N-dealkylation sites (tertiary alicyclic amines) is 1. The highest BCUT2D eigenvalue weighted by molar-refractivity contribution is 5.88. The van der Waals surface area contributed by atoms with E-state index in [0.717, 1.165) is 12.0 Å². The number of carbonyl (C=O) groups is 3. The Morgan fingerprint density at radius 2 is 1.53 bits per heavy atom. The quantitative estimate of drug-likeness (QED) is 0.263. The number of hydrogen-bond donors (Lipinski definition) is 1. The summed E-state index contributed by atoms with van der Waals surface area (Å²) in [5, 5.41) is 2.34. The second-order valence-electron chi connectivity index (χ2n) is 10.9. The standard InChI is InChI=1S/C14H24N2O4.C11H21N.C4H10/c1-6-20-14(19)11(4)7-12(10(2)3)16(5)13(18)8-15-9-17;1-3-7-11(8-4-1)12-9-5-2-6-10-12;1-4(2)3/h7,9-10,12H,6,8H2,1-5H3,(H,15,17);11H,1-10H2;4H,1-3H3/b11-7+;;/t12-;;/m1../s1. The van der Waals surface area contributed by atoms with Gasteiger partial charge in [0.05, 0.1) is 19.2 Å². The molecule has 0 aromatic heterocycles. The molecule has 0 aromatic rings. The third-order valence-corrected chi connectivity index (χ3v) is 6.36. The number of rotatable bonds is 9. The summed E-state index contributed by atoms with van der Waals surface area (Å²) in [4.78, 5) is 38.0. The van der Waals surface area contributed by atoms with E-state index in [4.69, 9.17) is 4.74 Å². The molecular weight excluding hydrogens is 454 g/mol. The predicted octanol–water partition coefficient (Wildman–Crippen LogP) is 5.19. The Labute approximate surface area is 221 Å². The summed E-state index contributed by atoms with van der Waals surface area (Å²) < 4.78 is 4.92. The molecule has 2 amide bonds. The van der Waals surface area contributed by atoms with Crippen molar-refractivity contribution in [3.05, 3.63) is 11.6 Å². The maximum atomic E-state index is 11.9. The molecule has 210 valence electrons. The number of ether oxygens (including phenoxy) is 1. The lowest BCUT2D eigenvalue weighted by atomic mass is 9.93. The zero-order chi connectivity index (χ0) is 27.5. The van der Waals surface area contributed by atoms with Gasteiger partial charge in [0.2, 0.25) is 12.3 Å². The summed E-state index contributed by atoms with van der Waals surface area (Å²) in [5.74, 6) is 0.360. The van der Waals surface area contributed by atoms with E-state index in [2.05, 4.69) is 31.0 Å². The zero-order valence-electron chi connectivity index (χ0n) is 24.5. The van der Waals surface area contributed by atoms with Gasteiger partial charge >= 0.3 is 5.97 Å². The molecule has 1 saturated heterocycles. The fourth-order valence-corrected chi connectivity index (χ4v) is 4.47. The number of likely N-dealkylation sites (N-methyl/N-ethyl adjacent to an activating group) is 1. The molecule has 2 fully saturated rings. The van der Waals surface area contributed by atoms with Gasteiger partial charge in [-0.05, 0) is 64.5 Å². The van der Waals surface area contributed by atoms with Crippen molar-refractivity contribution in [2.45, 2.75) is 112 Å². The molecule has 0 unspecified atom stereocenters. The summed E-state index contributed by atoms with van der Waals surface area (Å²) in [6.07, 6.45) is 14.0. The fourth-order valence-electron chi connectivity index (χ4n) is 4.47. The molecule has 1 atom stereocenters. The number of esters is 1. The topological polar surface area (TPSA) is 79.0 Å². The van der Waals surface area contributed by atoms with Crippen LogP contribution in [0.3, 0.4) is 0 Å². The van der Waals surface area contributed by atoms with E-state index >= 15 is 0 Å². The minimum absolute atomic E-state index is 0.0600. The molecule has 7 nitrogen and oxygen atoms in total. The average molecular weight is 510 g/mol. The van der Waals surface area contributed by atoms with Crippen LogP contribution in [0.2, 0.25) is 0 Å². The van der Waals surface area contributed by atoms with Gasteiger partial charge in [-0.25, -0.2) is 4.79 Å². The second kappa shape index (κ2) is 20.2. The van der Waals surface area contributed by atoms with Crippen LogP contribution in [-0.2, 0) is 19.1 Å². The maximum Gasteiger partial charge on any atom is 0.333 e. The van der Waals surface area contributed by atoms with Crippen molar-refractivity contribution < 1.29 is 19.1 Å². The maximum absolute atomic E-state index is 11.9. The molecule has 1 heterocycles. The van der Waals surface area contributed by atoms with Crippen molar-refractivity contribution in [2.75, 3.05) is 33.3 Å². The van der Waals surface area contributed by atoms with E-state index in [1.54, 1.807) is 27.0 Å². The van der Waals surface area contributed by atoms with Gasteiger partial charge in [-0.2, -0.15) is 0 Å².